The van der Waals surface area contributed by atoms with E-state index in [0.29, 0.717) is 0 Å². The van der Waals surface area contributed by atoms with Gasteiger partial charge >= 0.3 is 0 Å². The molecule has 1 heterocycles. The quantitative estimate of drug-likeness (QED) is 0.560. The monoisotopic (exact) mass is 371 g/mol. The molecule has 2 atom stereocenters. The summed E-state index contributed by atoms with van der Waals surface area (Å²) in [5.74, 6) is -0.207. The van der Waals surface area contributed by atoms with Crippen LogP contribution in [0.2, 0.25) is 0 Å². The first-order valence-electron chi connectivity index (χ1n) is 9.05. The molecule has 0 N–H and O–H groups in total. The maximum Gasteiger partial charge on any atom is 0.266 e. The Morgan fingerprint density at radius 1 is 1.00 bits per heavy atom. The minimum Gasteiger partial charge on any atom is -0.320 e. The van der Waals surface area contributed by atoms with Gasteiger partial charge in [0.1, 0.15) is 10.8 Å². The van der Waals surface area contributed by atoms with Crippen LogP contribution in [0.15, 0.2) is 23.1 Å². The number of alkyl halides is 1. The first-order valence-corrected chi connectivity index (χ1v) is 11.1. The molecule has 2 unspecified atom stereocenters. The van der Waals surface area contributed by atoms with Crippen molar-refractivity contribution < 1.29 is 13.2 Å². The van der Waals surface area contributed by atoms with Gasteiger partial charge in [-0.15, -0.1) is 11.6 Å². The second-order valence-electron chi connectivity index (χ2n) is 7.19. The summed E-state index contributed by atoms with van der Waals surface area (Å²) in [4.78, 5) is 14.1. The lowest BCUT2D eigenvalue weighted by Crippen LogP contribution is -2.38. The molecule has 6 heteroatoms. The molecule has 134 valence electrons. The molecule has 1 aliphatic heterocycles. The SMILES string of the molecule is O=C1/C(=C/C=C/C2CCCCC2Cl)S(=O)(=O)CN1C1CCCCC1. The van der Waals surface area contributed by atoms with E-state index in [1.807, 2.05) is 6.08 Å². The number of sulfone groups is 1. The van der Waals surface area contributed by atoms with Crippen LogP contribution in [-0.2, 0) is 14.6 Å². The molecule has 2 saturated carbocycles. The molecule has 1 amide bonds. The number of allylic oxidation sites excluding steroid dienone is 3. The third-order valence-corrected chi connectivity index (χ3v) is 7.61. The summed E-state index contributed by atoms with van der Waals surface area (Å²) in [5.41, 5.74) is 0. The standard InChI is InChI=1S/C18H26ClNO3S/c19-16-11-5-4-7-14(16)8-6-12-17-18(21)20(13-24(17,22)23)15-9-2-1-3-10-15/h6,8,12,14-16H,1-5,7,9-11,13H2/b8-6+,17-12-. The Morgan fingerprint density at radius 3 is 2.38 bits per heavy atom. The van der Waals surface area contributed by atoms with Gasteiger partial charge in [-0.1, -0.05) is 44.3 Å². The van der Waals surface area contributed by atoms with E-state index in [-0.39, 0.29) is 34.0 Å². The fraction of sp³-hybridized carbons (Fsp3) is 0.722. The fourth-order valence-corrected chi connectivity index (χ4v) is 5.91. The first kappa shape index (κ1) is 18.0. The minimum atomic E-state index is -3.50. The zero-order valence-corrected chi connectivity index (χ0v) is 15.6. The number of rotatable bonds is 3. The third kappa shape index (κ3) is 3.88. The highest BCUT2D eigenvalue weighted by atomic mass is 35.5. The molecule has 0 aromatic heterocycles. The van der Waals surface area contributed by atoms with E-state index in [4.69, 9.17) is 11.6 Å². The Bertz CT molecular complexity index is 635. The van der Waals surface area contributed by atoms with Crippen molar-refractivity contribution in [3.8, 4) is 0 Å². The second kappa shape index (κ2) is 7.61. The molecule has 3 fully saturated rings. The average molecular weight is 372 g/mol. The summed E-state index contributed by atoms with van der Waals surface area (Å²) < 4.78 is 24.8. The van der Waals surface area contributed by atoms with Gasteiger partial charge in [-0.3, -0.25) is 4.79 Å². The van der Waals surface area contributed by atoms with Crippen LogP contribution in [0, 0.1) is 5.92 Å². The maximum atomic E-state index is 12.6. The Morgan fingerprint density at radius 2 is 1.67 bits per heavy atom. The lowest BCUT2D eigenvalue weighted by atomic mass is 9.88. The van der Waals surface area contributed by atoms with Gasteiger partial charge in [0.15, 0.2) is 0 Å². The topological polar surface area (TPSA) is 54.5 Å². The summed E-state index contributed by atoms with van der Waals surface area (Å²) in [6, 6.07) is 0.0847. The lowest BCUT2D eigenvalue weighted by molar-refractivity contribution is -0.127. The zero-order chi connectivity index (χ0) is 17.2. The highest BCUT2D eigenvalue weighted by molar-refractivity contribution is 7.96. The molecule has 24 heavy (non-hydrogen) atoms. The van der Waals surface area contributed by atoms with Crippen molar-refractivity contribution >= 4 is 27.3 Å². The van der Waals surface area contributed by atoms with E-state index in [0.717, 1.165) is 51.4 Å². The Hall–Kier alpha value is -0.810. The predicted octanol–water partition coefficient (Wildman–Crippen LogP) is 3.77. The predicted molar refractivity (Wildman–Crippen MR) is 96.3 cm³/mol. The summed E-state index contributed by atoms with van der Waals surface area (Å²) in [5, 5.41) is 0.114. The summed E-state index contributed by atoms with van der Waals surface area (Å²) in [6.45, 7) is 0. The van der Waals surface area contributed by atoms with Crippen molar-refractivity contribution in [1.29, 1.82) is 0 Å². The van der Waals surface area contributed by atoms with Crippen molar-refractivity contribution in [3.05, 3.63) is 23.1 Å². The second-order valence-corrected chi connectivity index (χ2v) is 9.68. The van der Waals surface area contributed by atoms with E-state index in [9.17, 15) is 13.2 Å². The molecule has 0 radical (unpaired) electrons. The van der Waals surface area contributed by atoms with Gasteiger partial charge in [-0.25, -0.2) is 8.42 Å². The van der Waals surface area contributed by atoms with E-state index in [1.165, 1.54) is 12.5 Å². The van der Waals surface area contributed by atoms with Crippen LogP contribution < -0.4 is 0 Å². The van der Waals surface area contributed by atoms with E-state index in [1.54, 1.807) is 11.0 Å². The number of hydrogen-bond acceptors (Lipinski definition) is 3. The van der Waals surface area contributed by atoms with Crippen LogP contribution >= 0.6 is 11.6 Å². The smallest absolute Gasteiger partial charge is 0.266 e. The van der Waals surface area contributed by atoms with E-state index >= 15 is 0 Å². The molecular formula is C18H26ClNO3S. The molecular weight excluding hydrogens is 346 g/mol. The molecule has 0 aromatic carbocycles. The molecule has 3 aliphatic rings. The van der Waals surface area contributed by atoms with Gasteiger partial charge in [0, 0.05) is 11.4 Å². The van der Waals surface area contributed by atoms with Crippen molar-refractivity contribution in [3.63, 3.8) is 0 Å². The lowest BCUT2D eigenvalue weighted by Gasteiger charge is -2.29. The minimum absolute atomic E-state index is 0.0498. The van der Waals surface area contributed by atoms with E-state index in [2.05, 4.69) is 0 Å². The Labute approximate surface area is 149 Å². The highest BCUT2D eigenvalue weighted by Crippen LogP contribution is 2.32. The summed E-state index contributed by atoms with van der Waals surface area (Å²) in [7, 11) is -3.50. The van der Waals surface area contributed by atoms with Gasteiger partial charge in [0.25, 0.3) is 5.91 Å². The average Bonchev–Trinajstić information content (AvgIpc) is 2.80. The summed E-state index contributed by atoms with van der Waals surface area (Å²) >= 11 is 6.32. The maximum absolute atomic E-state index is 12.6. The van der Waals surface area contributed by atoms with Gasteiger partial charge in [0.2, 0.25) is 9.84 Å². The highest BCUT2D eigenvalue weighted by Gasteiger charge is 2.42. The van der Waals surface area contributed by atoms with Crippen LogP contribution in [0.5, 0.6) is 0 Å². The van der Waals surface area contributed by atoms with Crippen molar-refractivity contribution in [1.82, 2.24) is 4.90 Å². The van der Waals surface area contributed by atoms with E-state index < -0.39 is 9.84 Å². The molecule has 0 aromatic rings. The van der Waals surface area contributed by atoms with Crippen LogP contribution in [-0.4, -0.2) is 36.5 Å². The number of halogens is 1. The fourth-order valence-electron chi connectivity index (χ4n) is 4.04. The molecule has 0 bridgehead atoms. The number of carbonyl (C=O) groups is 1. The van der Waals surface area contributed by atoms with Gasteiger partial charge in [0.05, 0.1) is 0 Å². The van der Waals surface area contributed by atoms with Crippen LogP contribution in [0.4, 0.5) is 0 Å². The zero-order valence-electron chi connectivity index (χ0n) is 14.0. The third-order valence-electron chi connectivity index (χ3n) is 5.47. The number of nitrogens with zero attached hydrogens (tertiary/aromatic N) is 1. The molecule has 1 saturated heterocycles. The van der Waals surface area contributed by atoms with Gasteiger partial charge in [-0.2, -0.15) is 0 Å². The molecule has 3 rings (SSSR count). The molecule has 4 nitrogen and oxygen atoms in total. The normalized spacial score (nSPS) is 33.6. The Balaban J connectivity index is 1.72. The summed E-state index contributed by atoms with van der Waals surface area (Å²) in [6.07, 6.45) is 14.7. The molecule has 2 aliphatic carbocycles. The molecule has 0 spiro atoms. The number of carbonyl (C=O) groups excluding carboxylic acids is 1. The van der Waals surface area contributed by atoms with Crippen molar-refractivity contribution in [2.24, 2.45) is 5.92 Å². The van der Waals surface area contributed by atoms with Crippen molar-refractivity contribution in [2.45, 2.75) is 69.2 Å². The Kier molecular flexibility index (Phi) is 5.70. The van der Waals surface area contributed by atoms with Crippen LogP contribution in [0.1, 0.15) is 57.8 Å². The van der Waals surface area contributed by atoms with Gasteiger partial charge in [-0.05, 0) is 37.7 Å². The number of amides is 1. The van der Waals surface area contributed by atoms with Crippen molar-refractivity contribution in [2.75, 3.05) is 5.88 Å². The number of hydrogen-bond donors (Lipinski definition) is 0. The van der Waals surface area contributed by atoms with Gasteiger partial charge < -0.3 is 4.90 Å². The largest absolute Gasteiger partial charge is 0.320 e. The van der Waals surface area contributed by atoms with Crippen LogP contribution in [0.25, 0.3) is 0 Å². The van der Waals surface area contributed by atoms with Crippen LogP contribution in [0.3, 0.4) is 0 Å². The first-order chi connectivity index (χ1) is 11.5.